The van der Waals surface area contributed by atoms with Gasteiger partial charge in [-0.2, -0.15) is 0 Å². The van der Waals surface area contributed by atoms with Crippen LogP contribution in [-0.4, -0.2) is 30.7 Å². The molecule has 0 N–H and O–H groups in total. The zero-order valence-electron chi connectivity index (χ0n) is 6.65. The molecule has 1 rings (SSSR count). The molecule has 0 aromatic carbocycles. The summed E-state index contributed by atoms with van der Waals surface area (Å²) in [5.74, 6) is 0. The van der Waals surface area contributed by atoms with Crippen LogP contribution in [0.1, 0.15) is 26.2 Å². The number of likely N-dealkylation sites (tertiary alicyclic amines) is 1. The van der Waals surface area contributed by atoms with Crippen LogP contribution in [0.3, 0.4) is 0 Å². The van der Waals surface area contributed by atoms with Crippen LogP contribution in [0.2, 0.25) is 0 Å². The van der Waals surface area contributed by atoms with E-state index in [1.165, 1.54) is 0 Å². The molecule has 10 heavy (non-hydrogen) atoms. The van der Waals surface area contributed by atoms with Gasteiger partial charge in [0, 0.05) is 6.54 Å². The van der Waals surface area contributed by atoms with E-state index in [9.17, 15) is 4.39 Å². The first-order valence-electron chi connectivity index (χ1n) is 4.19. The third-order valence-electron chi connectivity index (χ3n) is 1.99. The standard InChI is InChI=1S/C8H16FN/c1-2-5-10-6-3-4-8(9)7-10/h8H,2-7H2,1H3/t8-/m0/s1. The van der Waals surface area contributed by atoms with Gasteiger partial charge in [0.15, 0.2) is 0 Å². The fourth-order valence-electron chi connectivity index (χ4n) is 1.52. The predicted molar refractivity (Wildman–Crippen MR) is 40.9 cm³/mol. The number of halogens is 1. The van der Waals surface area contributed by atoms with Crippen LogP contribution in [0.15, 0.2) is 0 Å². The Kier molecular flexibility index (Phi) is 3.13. The van der Waals surface area contributed by atoms with Crippen molar-refractivity contribution in [2.75, 3.05) is 19.6 Å². The molecule has 0 saturated carbocycles. The van der Waals surface area contributed by atoms with E-state index in [4.69, 9.17) is 0 Å². The van der Waals surface area contributed by atoms with E-state index in [1.807, 2.05) is 0 Å². The first kappa shape index (κ1) is 7.99. The molecule has 0 radical (unpaired) electrons. The van der Waals surface area contributed by atoms with Crippen LogP contribution >= 0.6 is 0 Å². The van der Waals surface area contributed by atoms with E-state index in [-0.39, 0.29) is 0 Å². The summed E-state index contributed by atoms with van der Waals surface area (Å²) < 4.78 is 12.7. The van der Waals surface area contributed by atoms with Gasteiger partial charge in [0.1, 0.15) is 6.17 Å². The maximum atomic E-state index is 12.7. The lowest BCUT2D eigenvalue weighted by Crippen LogP contribution is -2.36. The van der Waals surface area contributed by atoms with Crippen LogP contribution < -0.4 is 0 Å². The SMILES string of the molecule is CCCN1CCC[C@H](F)C1. The van der Waals surface area contributed by atoms with Crippen LogP contribution in [0.25, 0.3) is 0 Å². The molecular weight excluding hydrogens is 129 g/mol. The van der Waals surface area contributed by atoms with Crippen molar-refractivity contribution >= 4 is 0 Å². The molecule has 0 aliphatic carbocycles. The molecular formula is C8H16FN. The largest absolute Gasteiger partial charge is 0.300 e. The molecule has 1 heterocycles. The van der Waals surface area contributed by atoms with Crippen molar-refractivity contribution in [1.82, 2.24) is 4.90 Å². The summed E-state index contributed by atoms with van der Waals surface area (Å²) in [6.45, 7) is 4.99. The highest BCUT2D eigenvalue weighted by Gasteiger charge is 2.17. The quantitative estimate of drug-likeness (QED) is 0.573. The Morgan fingerprint density at radius 3 is 3.00 bits per heavy atom. The second-order valence-electron chi connectivity index (χ2n) is 3.04. The van der Waals surface area contributed by atoms with E-state index >= 15 is 0 Å². The fraction of sp³-hybridized carbons (Fsp3) is 1.00. The molecule has 1 fully saturated rings. The smallest absolute Gasteiger partial charge is 0.113 e. The van der Waals surface area contributed by atoms with Crippen LogP contribution in [0.5, 0.6) is 0 Å². The molecule has 0 aromatic heterocycles. The van der Waals surface area contributed by atoms with Crippen molar-refractivity contribution in [3.8, 4) is 0 Å². The third-order valence-corrected chi connectivity index (χ3v) is 1.99. The zero-order chi connectivity index (χ0) is 7.40. The molecule has 2 heteroatoms. The Balaban J connectivity index is 2.18. The first-order valence-corrected chi connectivity index (χ1v) is 4.19. The van der Waals surface area contributed by atoms with Crippen molar-refractivity contribution in [1.29, 1.82) is 0 Å². The summed E-state index contributed by atoms with van der Waals surface area (Å²) in [4.78, 5) is 2.22. The second-order valence-corrected chi connectivity index (χ2v) is 3.04. The Morgan fingerprint density at radius 1 is 1.60 bits per heavy atom. The van der Waals surface area contributed by atoms with Crippen molar-refractivity contribution in [3.05, 3.63) is 0 Å². The Hall–Kier alpha value is -0.110. The van der Waals surface area contributed by atoms with E-state index < -0.39 is 6.17 Å². The molecule has 0 bridgehead atoms. The van der Waals surface area contributed by atoms with Gasteiger partial charge in [-0.05, 0) is 32.4 Å². The molecule has 0 aromatic rings. The molecule has 0 amide bonds. The number of hydrogen-bond acceptors (Lipinski definition) is 1. The van der Waals surface area contributed by atoms with Crippen LogP contribution in [0, 0.1) is 0 Å². The lowest BCUT2D eigenvalue weighted by molar-refractivity contribution is 0.139. The summed E-state index contributed by atoms with van der Waals surface area (Å²) in [5, 5.41) is 0. The summed E-state index contributed by atoms with van der Waals surface area (Å²) in [6.07, 6.45) is 2.41. The highest BCUT2D eigenvalue weighted by Crippen LogP contribution is 2.12. The molecule has 0 spiro atoms. The van der Waals surface area contributed by atoms with Gasteiger partial charge in [0.2, 0.25) is 0 Å². The minimum absolute atomic E-state index is 0.555. The summed E-state index contributed by atoms with van der Waals surface area (Å²) in [6, 6.07) is 0. The lowest BCUT2D eigenvalue weighted by atomic mass is 10.1. The zero-order valence-corrected chi connectivity index (χ0v) is 6.65. The normalized spacial score (nSPS) is 28.8. The van der Waals surface area contributed by atoms with Crippen molar-refractivity contribution < 1.29 is 4.39 Å². The first-order chi connectivity index (χ1) is 4.83. The average molecular weight is 145 g/mol. The van der Waals surface area contributed by atoms with E-state index in [0.717, 1.165) is 32.4 Å². The summed E-state index contributed by atoms with van der Waals surface area (Å²) in [7, 11) is 0. The lowest BCUT2D eigenvalue weighted by Gasteiger charge is -2.28. The second kappa shape index (κ2) is 3.91. The van der Waals surface area contributed by atoms with E-state index in [2.05, 4.69) is 11.8 Å². The van der Waals surface area contributed by atoms with Crippen LogP contribution in [-0.2, 0) is 0 Å². The maximum absolute atomic E-state index is 12.7. The molecule has 1 atom stereocenters. The van der Waals surface area contributed by atoms with Gasteiger partial charge < -0.3 is 4.90 Å². The summed E-state index contributed by atoms with van der Waals surface area (Å²) >= 11 is 0. The number of nitrogens with zero attached hydrogens (tertiary/aromatic N) is 1. The van der Waals surface area contributed by atoms with Crippen LogP contribution in [0.4, 0.5) is 4.39 Å². The average Bonchev–Trinajstić information content (AvgIpc) is 1.88. The Morgan fingerprint density at radius 2 is 2.40 bits per heavy atom. The minimum atomic E-state index is -0.555. The van der Waals surface area contributed by atoms with Crippen molar-refractivity contribution in [2.24, 2.45) is 0 Å². The maximum Gasteiger partial charge on any atom is 0.113 e. The van der Waals surface area contributed by atoms with Gasteiger partial charge in [0.25, 0.3) is 0 Å². The van der Waals surface area contributed by atoms with Crippen molar-refractivity contribution in [3.63, 3.8) is 0 Å². The Labute approximate surface area is 62.2 Å². The minimum Gasteiger partial charge on any atom is -0.300 e. The predicted octanol–water partition coefficient (Wildman–Crippen LogP) is 1.83. The van der Waals surface area contributed by atoms with E-state index in [0.29, 0.717) is 6.54 Å². The topological polar surface area (TPSA) is 3.24 Å². The summed E-state index contributed by atoms with van der Waals surface area (Å²) in [5.41, 5.74) is 0. The fourth-order valence-corrected chi connectivity index (χ4v) is 1.52. The molecule has 1 aliphatic rings. The Bertz CT molecular complexity index is 93.3. The number of piperidine rings is 1. The number of rotatable bonds is 2. The highest BCUT2D eigenvalue weighted by molar-refractivity contribution is 4.71. The van der Waals surface area contributed by atoms with Gasteiger partial charge in [0.05, 0.1) is 0 Å². The van der Waals surface area contributed by atoms with Gasteiger partial charge in [-0.15, -0.1) is 0 Å². The highest BCUT2D eigenvalue weighted by atomic mass is 19.1. The molecule has 60 valence electrons. The van der Waals surface area contributed by atoms with Gasteiger partial charge >= 0.3 is 0 Å². The van der Waals surface area contributed by atoms with Gasteiger partial charge in [-0.25, -0.2) is 4.39 Å². The number of hydrogen-bond donors (Lipinski definition) is 0. The monoisotopic (exact) mass is 145 g/mol. The molecule has 1 aliphatic heterocycles. The third kappa shape index (κ3) is 2.25. The molecule has 1 saturated heterocycles. The van der Waals surface area contributed by atoms with Gasteiger partial charge in [-0.1, -0.05) is 6.92 Å². The van der Waals surface area contributed by atoms with E-state index in [1.54, 1.807) is 0 Å². The molecule has 1 nitrogen and oxygen atoms in total. The molecule has 0 unspecified atom stereocenters. The van der Waals surface area contributed by atoms with Gasteiger partial charge in [-0.3, -0.25) is 0 Å². The van der Waals surface area contributed by atoms with Crippen molar-refractivity contribution in [2.45, 2.75) is 32.4 Å². The number of alkyl halides is 1.